The molecule has 0 spiro atoms. The van der Waals surface area contributed by atoms with Gasteiger partial charge in [-0.2, -0.15) is 0 Å². The van der Waals surface area contributed by atoms with Crippen LogP contribution in [0.25, 0.3) is 0 Å². The Balaban J connectivity index is 0.00000484. The van der Waals surface area contributed by atoms with Crippen molar-refractivity contribution in [3.63, 3.8) is 0 Å². The summed E-state index contributed by atoms with van der Waals surface area (Å²) in [5.74, 6) is 1.32. The van der Waals surface area contributed by atoms with Gasteiger partial charge in [-0.15, -0.1) is 24.0 Å². The van der Waals surface area contributed by atoms with Gasteiger partial charge in [0.15, 0.2) is 5.96 Å². The number of carbonyl (C=O) groups is 1. The van der Waals surface area contributed by atoms with E-state index in [1.807, 2.05) is 20.8 Å². The van der Waals surface area contributed by atoms with E-state index in [4.69, 9.17) is 0 Å². The summed E-state index contributed by atoms with van der Waals surface area (Å²) < 4.78 is 12.0. The molecule has 1 rings (SSSR count). The molecule has 3 N–H and O–H groups in total. The van der Waals surface area contributed by atoms with Gasteiger partial charge in [0, 0.05) is 40.9 Å². The SMILES string of the molecule is CCNC(=O)CN=C(NCC)NC1CCCC(S(=O)CC)C1.I. The lowest BCUT2D eigenvalue weighted by Crippen LogP contribution is -2.47. The van der Waals surface area contributed by atoms with Gasteiger partial charge in [0.25, 0.3) is 0 Å². The Morgan fingerprint density at radius 1 is 1.17 bits per heavy atom. The minimum absolute atomic E-state index is 0. The Hall–Kier alpha value is -0.380. The first-order valence-electron chi connectivity index (χ1n) is 8.29. The molecule has 3 atom stereocenters. The first-order valence-corrected chi connectivity index (χ1v) is 9.67. The van der Waals surface area contributed by atoms with Gasteiger partial charge in [-0.05, 0) is 33.1 Å². The molecule has 0 heterocycles. The van der Waals surface area contributed by atoms with E-state index in [0.29, 0.717) is 12.5 Å². The van der Waals surface area contributed by atoms with Crippen molar-refractivity contribution < 1.29 is 9.00 Å². The Bertz CT molecular complexity index is 407. The van der Waals surface area contributed by atoms with E-state index in [1.54, 1.807) is 0 Å². The predicted octanol–water partition coefficient (Wildman–Crippen LogP) is 1.38. The highest BCUT2D eigenvalue weighted by Crippen LogP contribution is 2.22. The number of aliphatic imine (C=N–C) groups is 1. The normalized spacial score (nSPS) is 22.7. The molecule has 0 aliphatic heterocycles. The van der Waals surface area contributed by atoms with Gasteiger partial charge in [0.2, 0.25) is 5.91 Å². The molecule has 0 aromatic heterocycles. The summed E-state index contributed by atoms with van der Waals surface area (Å²) >= 11 is 0. The van der Waals surface area contributed by atoms with Gasteiger partial charge in [-0.25, -0.2) is 4.99 Å². The number of hydrogen-bond acceptors (Lipinski definition) is 3. The summed E-state index contributed by atoms with van der Waals surface area (Å²) in [4.78, 5) is 15.8. The van der Waals surface area contributed by atoms with E-state index in [-0.39, 0.29) is 47.7 Å². The molecule has 1 fully saturated rings. The molecule has 8 heteroatoms. The van der Waals surface area contributed by atoms with Crippen LogP contribution in [0.1, 0.15) is 46.5 Å². The van der Waals surface area contributed by atoms with Gasteiger partial charge in [-0.1, -0.05) is 13.3 Å². The molecule has 0 saturated heterocycles. The third-order valence-corrected chi connectivity index (χ3v) is 5.46. The molecule has 0 radical (unpaired) electrons. The van der Waals surface area contributed by atoms with Crippen LogP contribution >= 0.6 is 24.0 Å². The van der Waals surface area contributed by atoms with Crippen LogP contribution in [-0.4, -0.2) is 52.8 Å². The highest BCUT2D eigenvalue weighted by atomic mass is 127. The summed E-state index contributed by atoms with van der Waals surface area (Å²) in [6.45, 7) is 7.36. The predicted molar refractivity (Wildman–Crippen MR) is 108 cm³/mol. The smallest absolute Gasteiger partial charge is 0.241 e. The van der Waals surface area contributed by atoms with E-state index < -0.39 is 10.8 Å². The Morgan fingerprint density at radius 2 is 1.87 bits per heavy atom. The standard InChI is InChI=1S/C15H30N4O2S.HI/c1-4-16-14(20)11-18-15(17-5-2)19-12-8-7-9-13(10-12)22(21)6-3;/h12-13H,4-11H2,1-3H3,(H,16,20)(H2,17,18,19);1H. The second-order valence-corrected chi connectivity index (χ2v) is 7.45. The number of nitrogens with one attached hydrogen (secondary N) is 3. The average molecular weight is 458 g/mol. The molecule has 0 aromatic carbocycles. The molecular formula is C15H31IN4O2S. The lowest BCUT2D eigenvalue weighted by molar-refractivity contribution is -0.119. The molecule has 6 nitrogen and oxygen atoms in total. The van der Waals surface area contributed by atoms with Crippen molar-refractivity contribution in [1.82, 2.24) is 16.0 Å². The zero-order valence-corrected chi connectivity index (χ0v) is 17.5. The maximum Gasteiger partial charge on any atom is 0.241 e. The number of nitrogens with zero attached hydrogens (tertiary/aromatic N) is 1. The summed E-state index contributed by atoms with van der Waals surface area (Å²) in [6, 6.07) is 0.279. The summed E-state index contributed by atoms with van der Waals surface area (Å²) in [7, 11) is -0.731. The first kappa shape index (κ1) is 22.6. The van der Waals surface area contributed by atoms with Gasteiger partial charge in [-0.3, -0.25) is 9.00 Å². The van der Waals surface area contributed by atoms with E-state index in [1.165, 1.54) is 0 Å². The van der Waals surface area contributed by atoms with Crippen LogP contribution in [-0.2, 0) is 15.6 Å². The Morgan fingerprint density at radius 3 is 2.48 bits per heavy atom. The van der Waals surface area contributed by atoms with Crippen LogP contribution in [0.3, 0.4) is 0 Å². The van der Waals surface area contributed by atoms with Crippen molar-refractivity contribution in [3.05, 3.63) is 0 Å². The maximum atomic E-state index is 12.0. The zero-order chi connectivity index (χ0) is 16.4. The van der Waals surface area contributed by atoms with Crippen LogP contribution in [0, 0.1) is 0 Å². The molecule has 1 aliphatic rings. The molecule has 0 bridgehead atoms. The molecule has 0 aromatic rings. The van der Waals surface area contributed by atoms with Gasteiger partial charge >= 0.3 is 0 Å². The maximum absolute atomic E-state index is 12.0. The fourth-order valence-electron chi connectivity index (χ4n) is 2.67. The van der Waals surface area contributed by atoms with Crippen molar-refractivity contribution in [2.24, 2.45) is 4.99 Å². The topological polar surface area (TPSA) is 82.6 Å². The van der Waals surface area contributed by atoms with Crippen molar-refractivity contribution in [1.29, 1.82) is 0 Å². The Kier molecular flexibility index (Phi) is 12.8. The minimum atomic E-state index is -0.731. The average Bonchev–Trinajstić information content (AvgIpc) is 2.52. The number of halogens is 1. The summed E-state index contributed by atoms with van der Waals surface area (Å²) in [5.41, 5.74) is 0. The number of likely N-dealkylation sites (N-methyl/N-ethyl adjacent to an activating group) is 1. The van der Waals surface area contributed by atoms with Gasteiger partial charge in [0.05, 0.1) is 0 Å². The fourth-order valence-corrected chi connectivity index (χ4v) is 4.02. The van der Waals surface area contributed by atoms with Gasteiger partial charge < -0.3 is 16.0 Å². The second-order valence-electron chi connectivity index (χ2n) is 5.45. The van der Waals surface area contributed by atoms with E-state index in [2.05, 4.69) is 20.9 Å². The molecule has 3 unspecified atom stereocenters. The minimum Gasteiger partial charge on any atom is -0.357 e. The third-order valence-electron chi connectivity index (χ3n) is 3.72. The van der Waals surface area contributed by atoms with Crippen LogP contribution < -0.4 is 16.0 Å². The van der Waals surface area contributed by atoms with Gasteiger partial charge in [0.1, 0.15) is 6.54 Å². The number of carbonyl (C=O) groups excluding carboxylic acids is 1. The van der Waals surface area contributed by atoms with Crippen molar-refractivity contribution in [3.8, 4) is 0 Å². The number of rotatable bonds is 7. The molecule has 136 valence electrons. The molecule has 23 heavy (non-hydrogen) atoms. The van der Waals surface area contributed by atoms with Crippen LogP contribution in [0.4, 0.5) is 0 Å². The largest absolute Gasteiger partial charge is 0.357 e. The molecule has 1 saturated carbocycles. The summed E-state index contributed by atoms with van der Waals surface area (Å²) in [5, 5.41) is 9.57. The first-order chi connectivity index (χ1) is 10.6. The number of hydrogen-bond donors (Lipinski definition) is 3. The zero-order valence-electron chi connectivity index (χ0n) is 14.4. The van der Waals surface area contributed by atoms with E-state index in [0.717, 1.165) is 38.0 Å². The molecule has 1 amide bonds. The molecular weight excluding hydrogens is 427 g/mol. The second kappa shape index (κ2) is 13.0. The quantitative estimate of drug-likeness (QED) is 0.306. The highest BCUT2D eigenvalue weighted by Gasteiger charge is 2.26. The van der Waals surface area contributed by atoms with Crippen molar-refractivity contribution in [2.75, 3.05) is 25.4 Å². The lowest BCUT2D eigenvalue weighted by atomic mass is 9.95. The fraction of sp³-hybridized carbons (Fsp3) is 0.867. The van der Waals surface area contributed by atoms with Crippen LogP contribution in [0.15, 0.2) is 4.99 Å². The van der Waals surface area contributed by atoms with Crippen molar-refractivity contribution in [2.45, 2.75) is 57.7 Å². The molecule has 1 aliphatic carbocycles. The van der Waals surface area contributed by atoms with Crippen LogP contribution in [0.5, 0.6) is 0 Å². The van der Waals surface area contributed by atoms with E-state index in [9.17, 15) is 9.00 Å². The summed E-state index contributed by atoms with van der Waals surface area (Å²) in [6.07, 6.45) is 4.10. The number of guanidine groups is 1. The van der Waals surface area contributed by atoms with E-state index >= 15 is 0 Å². The monoisotopic (exact) mass is 458 g/mol. The Labute approximate surface area is 159 Å². The number of amides is 1. The lowest BCUT2D eigenvalue weighted by Gasteiger charge is -2.30. The third kappa shape index (κ3) is 8.88. The van der Waals surface area contributed by atoms with Crippen molar-refractivity contribution >= 4 is 46.6 Å². The highest BCUT2D eigenvalue weighted by molar-refractivity contribution is 14.0. The van der Waals surface area contributed by atoms with Crippen LogP contribution in [0.2, 0.25) is 0 Å².